The number of carbonyl (C=O) groups excluding carboxylic acids is 1. The first kappa shape index (κ1) is 17.9. The van der Waals surface area contributed by atoms with Gasteiger partial charge in [-0.3, -0.25) is 4.79 Å². The third kappa shape index (κ3) is 3.09. The molecule has 7 nitrogen and oxygen atoms in total. The molecule has 4 aromatic rings. The van der Waals surface area contributed by atoms with E-state index in [0.717, 1.165) is 27.6 Å². The fraction of sp³-hybridized carbons (Fsp3) is 0.190. The van der Waals surface area contributed by atoms with E-state index >= 15 is 0 Å². The quantitative estimate of drug-likeness (QED) is 0.467. The van der Waals surface area contributed by atoms with E-state index in [9.17, 15) is 4.79 Å². The summed E-state index contributed by atoms with van der Waals surface area (Å²) in [4.78, 5) is 27.7. The highest BCUT2D eigenvalue weighted by Crippen LogP contribution is 2.36. The van der Waals surface area contributed by atoms with E-state index in [4.69, 9.17) is 0 Å². The summed E-state index contributed by atoms with van der Waals surface area (Å²) < 4.78 is 2.43. The molecule has 5 rings (SSSR count). The molecule has 0 spiro atoms. The second kappa shape index (κ2) is 7.04. The van der Waals surface area contributed by atoms with Crippen molar-refractivity contribution in [2.24, 2.45) is 0 Å². The van der Waals surface area contributed by atoms with Crippen molar-refractivity contribution in [2.75, 3.05) is 6.54 Å². The molecule has 1 unspecified atom stereocenters. The van der Waals surface area contributed by atoms with Crippen molar-refractivity contribution in [1.82, 2.24) is 29.5 Å². The lowest BCUT2D eigenvalue weighted by Crippen LogP contribution is -2.39. The van der Waals surface area contributed by atoms with Gasteiger partial charge in [0.25, 0.3) is 5.91 Å². The van der Waals surface area contributed by atoms with Crippen molar-refractivity contribution in [2.45, 2.75) is 19.4 Å². The lowest BCUT2D eigenvalue weighted by atomic mass is 9.87. The molecule has 1 aliphatic heterocycles. The van der Waals surface area contributed by atoms with Gasteiger partial charge in [-0.25, -0.2) is 19.5 Å². The summed E-state index contributed by atoms with van der Waals surface area (Å²) in [7, 11) is 0. The van der Waals surface area contributed by atoms with Crippen LogP contribution in [-0.4, -0.2) is 41.9 Å². The minimum absolute atomic E-state index is 0.0552. The Labute approximate surface area is 175 Å². The topological polar surface area (TPSA) is 76.3 Å². The number of amides is 1. The first-order valence-electron chi connectivity index (χ1n) is 9.31. The maximum Gasteiger partial charge on any atom is 0.274 e. The molecule has 0 saturated heterocycles. The Hall–Kier alpha value is -3.13. The van der Waals surface area contributed by atoms with E-state index in [2.05, 4.69) is 55.0 Å². The molecule has 1 aliphatic rings. The number of nitrogens with zero attached hydrogens (tertiary/aromatic N) is 6. The number of hydrogen-bond donors (Lipinski definition) is 0. The van der Waals surface area contributed by atoms with Gasteiger partial charge in [0.1, 0.15) is 6.33 Å². The van der Waals surface area contributed by atoms with E-state index in [0.29, 0.717) is 17.9 Å². The fourth-order valence-corrected chi connectivity index (χ4v) is 4.26. The highest BCUT2D eigenvalue weighted by atomic mass is 79.9. The van der Waals surface area contributed by atoms with Crippen LogP contribution in [0, 0.1) is 0 Å². The highest BCUT2D eigenvalue weighted by Gasteiger charge is 2.31. The summed E-state index contributed by atoms with van der Waals surface area (Å²) in [5.74, 6) is -0.0850. The van der Waals surface area contributed by atoms with Gasteiger partial charge in [-0.1, -0.05) is 18.2 Å². The van der Waals surface area contributed by atoms with Crippen LogP contribution in [0.25, 0.3) is 16.8 Å². The van der Waals surface area contributed by atoms with E-state index in [1.807, 2.05) is 23.4 Å². The van der Waals surface area contributed by atoms with Crippen LogP contribution in [0.1, 0.15) is 34.6 Å². The zero-order valence-electron chi connectivity index (χ0n) is 15.7. The SMILES string of the molecule is CC1c2cccc(-c3cncnc3)c2CCN1C(=O)c1cc2ncc(Br)cn2n1. The van der Waals surface area contributed by atoms with Crippen LogP contribution in [0.4, 0.5) is 0 Å². The van der Waals surface area contributed by atoms with Crippen molar-refractivity contribution in [1.29, 1.82) is 0 Å². The smallest absolute Gasteiger partial charge is 0.274 e. The van der Waals surface area contributed by atoms with Crippen LogP contribution in [-0.2, 0) is 6.42 Å². The minimum atomic E-state index is -0.0850. The average molecular weight is 449 g/mol. The van der Waals surface area contributed by atoms with Gasteiger partial charge in [-0.15, -0.1) is 0 Å². The number of fused-ring (bicyclic) bond motifs is 2. The third-order valence-electron chi connectivity index (χ3n) is 5.37. The van der Waals surface area contributed by atoms with Crippen molar-refractivity contribution in [3.63, 3.8) is 0 Å². The molecular formula is C21H17BrN6O. The van der Waals surface area contributed by atoms with Gasteiger partial charge in [0.05, 0.1) is 10.5 Å². The van der Waals surface area contributed by atoms with E-state index in [1.54, 1.807) is 23.0 Å². The van der Waals surface area contributed by atoms with Crippen LogP contribution in [0.3, 0.4) is 0 Å². The monoisotopic (exact) mass is 448 g/mol. The van der Waals surface area contributed by atoms with Crippen LogP contribution in [0.15, 0.2) is 59.9 Å². The minimum Gasteiger partial charge on any atom is -0.330 e. The second-order valence-corrected chi connectivity index (χ2v) is 7.95. The lowest BCUT2D eigenvalue weighted by Gasteiger charge is -2.35. The second-order valence-electron chi connectivity index (χ2n) is 7.03. The van der Waals surface area contributed by atoms with Crippen molar-refractivity contribution in [3.8, 4) is 11.1 Å². The largest absolute Gasteiger partial charge is 0.330 e. The Kier molecular flexibility index (Phi) is 4.35. The maximum absolute atomic E-state index is 13.2. The normalized spacial score (nSPS) is 16.1. The third-order valence-corrected chi connectivity index (χ3v) is 5.78. The van der Waals surface area contributed by atoms with Crippen LogP contribution < -0.4 is 0 Å². The van der Waals surface area contributed by atoms with Crippen molar-refractivity contribution >= 4 is 27.5 Å². The van der Waals surface area contributed by atoms with Gasteiger partial charge in [0, 0.05) is 43.0 Å². The molecule has 1 aromatic carbocycles. The number of hydrogen-bond acceptors (Lipinski definition) is 5. The Morgan fingerprint density at radius 1 is 1.21 bits per heavy atom. The van der Waals surface area contributed by atoms with Crippen molar-refractivity contribution < 1.29 is 4.79 Å². The van der Waals surface area contributed by atoms with Gasteiger partial charge in [-0.05, 0) is 46.0 Å². The summed E-state index contributed by atoms with van der Waals surface area (Å²) >= 11 is 3.38. The molecule has 0 bridgehead atoms. The zero-order chi connectivity index (χ0) is 20.0. The molecule has 1 atom stereocenters. The number of carbonyl (C=O) groups is 1. The van der Waals surface area contributed by atoms with Crippen LogP contribution in [0.5, 0.6) is 0 Å². The molecule has 29 heavy (non-hydrogen) atoms. The molecule has 144 valence electrons. The molecule has 0 N–H and O–H groups in total. The first-order chi connectivity index (χ1) is 14.1. The van der Waals surface area contributed by atoms with E-state index < -0.39 is 0 Å². The predicted octanol–water partition coefficient (Wildman–Crippen LogP) is 3.71. The zero-order valence-corrected chi connectivity index (χ0v) is 17.2. The molecule has 0 aliphatic carbocycles. The first-order valence-corrected chi connectivity index (χ1v) is 10.1. The summed E-state index contributed by atoms with van der Waals surface area (Å²) in [6.07, 6.45) is 9.44. The Bertz CT molecular complexity index is 1220. The van der Waals surface area contributed by atoms with E-state index in [1.165, 1.54) is 11.9 Å². The standard InChI is InChI=1S/C21H17BrN6O/c1-13-16-3-2-4-17(14-8-23-12-24-9-14)18(16)5-6-27(13)21(29)19-7-20-25-10-15(22)11-28(20)26-19/h2-4,7-13H,5-6H2,1H3. The molecule has 0 saturated carbocycles. The number of rotatable bonds is 2. The molecule has 8 heteroatoms. The van der Waals surface area contributed by atoms with Crippen molar-refractivity contribution in [3.05, 3.63) is 76.7 Å². The van der Waals surface area contributed by atoms with Gasteiger partial charge < -0.3 is 4.90 Å². The molecule has 4 heterocycles. The van der Waals surface area contributed by atoms with Gasteiger partial charge in [0.2, 0.25) is 0 Å². The summed E-state index contributed by atoms with van der Waals surface area (Å²) in [6.45, 7) is 2.69. The highest BCUT2D eigenvalue weighted by molar-refractivity contribution is 9.10. The summed E-state index contributed by atoms with van der Waals surface area (Å²) in [5.41, 5.74) is 5.57. The number of halogens is 1. The van der Waals surface area contributed by atoms with E-state index in [-0.39, 0.29) is 11.9 Å². The van der Waals surface area contributed by atoms with Crippen LogP contribution >= 0.6 is 15.9 Å². The van der Waals surface area contributed by atoms with Gasteiger partial charge >= 0.3 is 0 Å². The average Bonchev–Trinajstić information content (AvgIpc) is 3.17. The number of aromatic nitrogens is 5. The Morgan fingerprint density at radius 2 is 2.03 bits per heavy atom. The molecule has 3 aromatic heterocycles. The van der Waals surface area contributed by atoms with Gasteiger partial charge in [-0.2, -0.15) is 5.10 Å². The Balaban J connectivity index is 1.49. The molecule has 0 radical (unpaired) electrons. The molecular weight excluding hydrogens is 432 g/mol. The van der Waals surface area contributed by atoms with Crippen LogP contribution in [0.2, 0.25) is 0 Å². The summed E-state index contributed by atoms with van der Waals surface area (Å²) in [6, 6.07) is 7.88. The number of benzene rings is 1. The molecule has 1 amide bonds. The lowest BCUT2D eigenvalue weighted by molar-refractivity contribution is 0.0671. The maximum atomic E-state index is 13.2. The molecule has 0 fully saturated rings. The predicted molar refractivity (Wildman–Crippen MR) is 111 cm³/mol. The summed E-state index contributed by atoms with van der Waals surface area (Å²) in [5, 5.41) is 4.42. The Morgan fingerprint density at radius 3 is 2.86 bits per heavy atom. The van der Waals surface area contributed by atoms with Gasteiger partial charge in [0.15, 0.2) is 11.3 Å². The fourth-order valence-electron chi connectivity index (χ4n) is 3.96.